The van der Waals surface area contributed by atoms with Crippen molar-refractivity contribution in [3.8, 4) is 0 Å². The largest absolute Gasteiger partial charge is 0.444 e. The molecule has 2 aliphatic rings. The Morgan fingerprint density at radius 1 is 1.20 bits per heavy atom. The molecule has 2 rings (SSSR count). The molecule has 3 atom stereocenters. The fourth-order valence-electron chi connectivity index (χ4n) is 3.66. The molecule has 176 valence electrons. The van der Waals surface area contributed by atoms with Crippen LogP contribution in [-0.4, -0.2) is 69.5 Å². The molecule has 2 saturated carbocycles. The summed E-state index contributed by atoms with van der Waals surface area (Å²) < 4.78 is 17.7. The fourth-order valence-corrected chi connectivity index (χ4v) is 5.01. The highest BCUT2D eigenvalue weighted by atomic mass is 127. The second-order valence-electron chi connectivity index (χ2n) is 8.96. The summed E-state index contributed by atoms with van der Waals surface area (Å²) in [4.78, 5) is 19.0. The minimum absolute atomic E-state index is 0. The molecule has 0 aromatic rings. The van der Waals surface area contributed by atoms with Gasteiger partial charge < -0.3 is 20.3 Å². The van der Waals surface area contributed by atoms with Gasteiger partial charge in [0.25, 0.3) is 0 Å². The second-order valence-corrected chi connectivity index (χ2v) is 11.0. The van der Waals surface area contributed by atoms with Gasteiger partial charge in [0.15, 0.2) is 5.96 Å². The summed E-state index contributed by atoms with van der Waals surface area (Å²) in [5, 5.41) is 7.11. The predicted molar refractivity (Wildman–Crippen MR) is 135 cm³/mol. The number of hydrogen-bond donors (Lipinski definition) is 2. The van der Waals surface area contributed by atoms with Gasteiger partial charge in [-0.15, -0.1) is 24.0 Å². The van der Waals surface area contributed by atoms with Crippen LogP contribution in [0.15, 0.2) is 4.99 Å². The Morgan fingerprint density at radius 3 is 2.47 bits per heavy atom. The Morgan fingerprint density at radius 2 is 1.90 bits per heavy atom. The van der Waals surface area contributed by atoms with E-state index in [-0.39, 0.29) is 35.3 Å². The van der Waals surface area contributed by atoms with Crippen LogP contribution in [-0.2, 0) is 15.5 Å². The number of carbonyl (C=O) groups excluding carboxylic acids is 1. The highest BCUT2D eigenvalue weighted by Gasteiger charge is 2.35. The maximum atomic E-state index is 12.5. The zero-order valence-electron chi connectivity index (χ0n) is 19.2. The average Bonchev–Trinajstić information content (AvgIpc) is 3.48. The van der Waals surface area contributed by atoms with E-state index in [1.54, 1.807) is 0 Å². The van der Waals surface area contributed by atoms with Crippen LogP contribution in [0, 0.1) is 0 Å². The molecule has 0 bridgehead atoms. The van der Waals surface area contributed by atoms with E-state index >= 15 is 0 Å². The van der Waals surface area contributed by atoms with E-state index in [1.807, 2.05) is 39.5 Å². The Kier molecular flexibility index (Phi) is 12.0. The Balaban J connectivity index is 0.00000450. The van der Waals surface area contributed by atoms with Gasteiger partial charge in [-0.05, 0) is 59.8 Å². The molecule has 7 nitrogen and oxygen atoms in total. The Hall–Kier alpha value is -0.580. The zero-order chi connectivity index (χ0) is 21.4. The summed E-state index contributed by atoms with van der Waals surface area (Å²) in [6.45, 7) is 11.6. The number of nitrogens with one attached hydrogen (secondary N) is 2. The van der Waals surface area contributed by atoms with Crippen LogP contribution in [0.4, 0.5) is 4.79 Å². The van der Waals surface area contributed by atoms with Crippen molar-refractivity contribution in [2.24, 2.45) is 4.99 Å². The Labute approximate surface area is 202 Å². The summed E-state index contributed by atoms with van der Waals surface area (Å²) in [6.07, 6.45) is 5.99. The van der Waals surface area contributed by atoms with Gasteiger partial charge in [-0.2, -0.15) is 0 Å². The molecule has 0 aliphatic heterocycles. The van der Waals surface area contributed by atoms with Crippen LogP contribution in [0.5, 0.6) is 0 Å². The number of rotatable bonds is 8. The SMILES string of the molecule is CCNC(=NCCN(C(=O)OC(C)(C)C)C1CC1)NC1CCCC(S(=O)CC)C1.I. The molecule has 2 fully saturated rings. The first-order valence-electron chi connectivity index (χ1n) is 11.1. The number of nitrogens with zero attached hydrogens (tertiary/aromatic N) is 2. The molecule has 30 heavy (non-hydrogen) atoms. The molecule has 0 aromatic carbocycles. The molecule has 0 spiro atoms. The number of amides is 1. The van der Waals surface area contributed by atoms with Crippen molar-refractivity contribution in [1.82, 2.24) is 15.5 Å². The summed E-state index contributed by atoms with van der Waals surface area (Å²) >= 11 is 0. The minimum Gasteiger partial charge on any atom is -0.444 e. The third kappa shape index (κ3) is 9.70. The molecular formula is C21H41IN4O3S. The number of ether oxygens (including phenoxy) is 1. The van der Waals surface area contributed by atoms with Crippen molar-refractivity contribution < 1.29 is 13.7 Å². The van der Waals surface area contributed by atoms with E-state index in [2.05, 4.69) is 10.6 Å². The van der Waals surface area contributed by atoms with Crippen molar-refractivity contribution in [3.05, 3.63) is 0 Å². The van der Waals surface area contributed by atoms with E-state index in [9.17, 15) is 9.00 Å². The number of carbonyl (C=O) groups is 1. The maximum absolute atomic E-state index is 12.5. The topological polar surface area (TPSA) is 83.0 Å². The number of guanidine groups is 1. The summed E-state index contributed by atoms with van der Waals surface area (Å²) in [5.74, 6) is 1.51. The predicted octanol–water partition coefficient (Wildman–Crippen LogP) is 3.64. The van der Waals surface area contributed by atoms with Crippen LogP contribution in [0.25, 0.3) is 0 Å². The molecule has 0 saturated heterocycles. The standard InChI is InChI=1S/C21H40N4O3S.HI/c1-6-22-19(24-16-9-8-10-18(15-16)29(27)7-2)23-13-14-25(17-11-12-17)20(26)28-21(3,4)5;/h16-18H,6-15H2,1-5H3,(H2,22,23,24);1H. The molecule has 3 unspecified atom stereocenters. The number of aliphatic imine (C=N–C) groups is 1. The van der Waals surface area contributed by atoms with Gasteiger partial charge in [0.2, 0.25) is 0 Å². The van der Waals surface area contributed by atoms with Crippen LogP contribution in [0.3, 0.4) is 0 Å². The van der Waals surface area contributed by atoms with Gasteiger partial charge in [0.1, 0.15) is 5.60 Å². The molecule has 1 amide bonds. The van der Waals surface area contributed by atoms with E-state index in [1.165, 1.54) is 0 Å². The normalized spacial score (nSPS) is 23.2. The van der Waals surface area contributed by atoms with Crippen molar-refractivity contribution in [1.29, 1.82) is 0 Å². The molecule has 2 N–H and O–H groups in total. The van der Waals surface area contributed by atoms with Crippen molar-refractivity contribution >= 4 is 46.8 Å². The van der Waals surface area contributed by atoms with E-state index in [0.29, 0.717) is 25.2 Å². The summed E-state index contributed by atoms with van der Waals surface area (Å²) in [6, 6.07) is 0.589. The van der Waals surface area contributed by atoms with E-state index < -0.39 is 16.4 Å². The second kappa shape index (κ2) is 13.1. The highest BCUT2D eigenvalue weighted by molar-refractivity contribution is 14.0. The molecule has 0 radical (unpaired) electrons. The first-order chi connectivity index (χ1) is 13.7. The first kappa shape index (κ1) is 27.5. The van der Waals surface area contributed by atoms with Crippen LogP contribution >= 0.6 is 24.0 Å². The molecule has 9 heteroatoms. The lowest BCUT2D eigenvalue weighted by molar-refractivity contribution is 0.0240. The molecule has 2 aliphatic carbocycles. The maximum Gasteiger partial charge on any atom is 0.410 e. The quantitative estimate of drug-likeness (QED) is 0.271. The Bertz CT molecular complexity index is 593. The van der Waals surface area contributed by atoms with Crippen molar-refractivity contribution in [3.63, 3.8) is 0 Å². The lowest BCUT2D eigenvalue weighted by atomic mass is 9.95. The lowest BCUT2D eigenvalue weighted by Crippen LogP contribution is -2.47. The van der Waals surface area contributed by atoms with Crippen molar-refractivity contribution in [2.75, 3.05) is 25.4 Å². The smallest absolute Gasteiger partial charge is 0.410 e. The van der Waals surface area contributed by atoms with Crippen molar-refractivity contribution in [2.45, 2.75) is 96.1 Å². The van der Waals surface area contributed by atoms with Crippen LogP contribution < -0.4 is 10.6 Å². The van der Waals surface area contributed by atoms with Crippen LogP contribution in [0.1, 0.15) is 73.1 Å². The van der Waals surface area contributed by atoms with Crippen LogP contribution in [0.2, 0.25) is 0 Å². The van der Waals surface area contributed by atoms with Gasteiger partial charge in [-0.3, -0.25) is 9.20 Å². The summed E-state index contributed by atoms with van der Waals surface area (Å²) in [7, 11) is -0.735. The van der Waals surface area contributed by atoms with E-state index in [0.717, 1.165) is 56.8 Å². The van der Waals surface area contributed by atoms with Gasteiger partial charge >= 0.3 is 6.09 Å². The third-order valence-electron chi connectivity index (χ3n) is 5.19. The monoisotopic (exact) mass is 556 g/mol. The molecule has 0 heterocycles. The van der Waals surface area contributed by atoms with Gasteiger partial charge in [0.05, 0.1) is 6.54 Å². The van der Waals surface area contributed by atoms with Gasteiger partial charge in [-0.1, -0.05) is 13.3 Å². The first-order valence-corrected chi connectivity index (χ1v) is 12.5. The average molecular weight is 557 g/mol. The summed E-state index contributed by atoms with van der Waals surface area (Å²) in [5.41, 5.74) is -0.486. The fraction of sp³-hybridized carbons (Fsp3) is 0.905. The highest BCUT2D eigenvalue weighted by Crippen LogP contribution is 2.28. The lowest BCUT2D eigenvalue weighted by Gasteiger charge is -2.30. The third-order valence-corrected chi connectivity index (χ3v) is 6.93. The molecular weight excluding hydrogens is 515 g/mol. The van der Waals surface area contributed by atoms with Gasteiger partial charge in [0, 0.05) is 47.0 Å². The minimum atomic E-state index is -0.735. The number of halogens is 1. The molecule has 0 aromatic heterocycles. The number of hydrogen-bond acceptors (Lipinski definition) is 4. The van der Waals surface area contributed by atoms with E-state index in [4.69, 9.17) is 9.73 Å². The van der Waals surface area contributed by atoms with Gasteiger partial charge in [-0.25, -0.2) is 4.79 Å². The zero-order valence-corrected chi connectivity index (χ0v) is 22.4.